The Hall–Kier alpha value is -1.63. The topological polar surface area (TPSA) is 79.5 Å². The first-order valence-corrected chi connectivity index (χ1v) is 5.85. The molecule has 0 bridgehead atoms. The minimum atomic E-state index is -0.835. The van der Waals surface area contributed by atoms with Crippen molar-refractivity contribution in [2.24, 2.45) is 0 Å². The van der Waals surface area contributed by atoms with Crippen LogP contribution in [0, 0.1) is 0 Å². The largest absolute Gasteiger partial charge is 0.481 e. The van der Waals surface area contributed by atoms with Gasteiger partial charge >= 0.3 is 5.97 Å². The lowest BCUT2D eigenvalue weighted by atomic mass is 10.2. The van der Waals surface area contributed by atoms with Crippen LogP contribution < -0.4 is 5.32 Å². The number of halogens is 1. The van der Waals surface area contributed by atoms with E-state index < -0.39 is 5.97 Å². The van der Waals surface area contributed by atoms with E-state index in [1.54, 1.807) is 11.6 Å². The maximum absolute atomic E-state index is 10.5. The van der Waals surface area contributed by atoms with Gasteiger partial charge in [-0.1, -0.05) is 0 Å². The summed E-state index contributed by atoms with van der Waals surface area (Å²) in [4.78, 5) is 14.8. The second kappa shape index (κ2) is 4.70. The number of fused-ring (bicyclic) bond motifs is 1. The molecule has 2 rings (SSSR count). The number of hydrogen-bond acceptors (Lipinski definition) is 4. The van der Waals surface area contributed by atoms with Crippen LogP contribution in [0.5, 0.6) is 0 Å². The van der Waals surface area contributed by atoms with Gasteiger partial charge in [0.25, 0.3) is 0 Å². The van der Waals surface area contributed by atoms with Crippen molar-refractivity contribution in [1.82, 2.24) is 14.6 Å². The van der Waals surface area contributed by atoms with Crippen LogP contribution in [0.3, 0.4) is 0 Å². The lowest BCUT2D eigenvalue weighted by Gasteiger charge is -1.99. The number of nitrogens with one attached hydrogen (secondary N) is 1. The first kappa shape index (κ1) is 11.8. The third-order valence-corrected chi connectivity index (χ3v) is 3.11. The summed E-state index contributed by atoms with van der Waals surface area (Å²) in [5, 5.41) is 15.9. The molecule has 0 aliphatic carbocycles. The van der Waals surface area contributed by atoms with Crippen LogP contribution in [-0.2, 0) is 11.2 Å². The second-order valence-corrected chi connectivity index (χ2v) is 4.23. The van der Waals surface area contributed by atoms with Gasteiger partial charge in [-0.3, -0.25) is 4.79 Å². The van der Waals surface area contributed by atoms with Crippen molar-refractivity contribution in [3.05, 3.63) is 22.4 Å². The average molecular weight is 299 g/mol. The van der Waals surface area contributed by atoms with E-state index in [1.807, 2.05) is 12.1 Å². The SMILES string of the molecule is CNc1ccc2nc(CCC(=O)O)c(Br)n2n1. The van der Waals surface area contributed by atoms with E-state index in [0.29, 0.717) is 22.4 Å². The highest BCUT2D eigenvalue weighted by Gasteiger charge is 2.12. The number of hydrogen-bond donors (Lipinski definition) is 2. The van der Waals surface area contributed by atoms with Gasteiger partial charge in [0.1, 0.15) is 10.4 Å². The normalized spacial score (nSPS) is 10.7. The minimum absolute atomic E-state index is 0.0569. The van der Waals surface area contributed by atoms with Gasteiger partial charge < -0.3 is 10.4 Å². The van der Waals surface area contributed by atoms with Gasteiger partial charge in [0.15, 0.2) is 5.65 Å². The monoisotopic (exact) mass is 298 g/mol. The van der Waals surface area contributed by atoms with E-state index in [4.69, 9.17) is 5.11 Å². The highest BCUT2D eigenvalue weighted by Crippen LogP contribution is 2.20. The van der Waals surface area contributed by atoms with Crippen LogP contribution in [0.4, 0.5) is 5.82 Å². The van der Waals surface area contributed by atoms with E-state index in [2.05, 4.69) is 31.3 Å². The summed E-state index contributed by atoms with van der Waals surface area (Å²) in [6.07, 6.45) is 0.440. The predicted molar refractivity (Wildman–Crippen MR) is 66.2 cm³/mol. The lowest BCUT2D eigenvalue weighted by Crippen LogP contribution is -1.99. The van der Waals surface area contributed by atoms with E-state index in [1.165, 1.54) is 0 Å². The molecule has 17 heavy (non-hydrogen) atoms. The molecule has 90 valence electrons. The summed E-state index contributed by atoms with van der Waals surface area (Å²) in [5.74, 6) is -0.113. The smallest absolute Gasteiger partial charge is 0.303 e. The molecular formula is C10H11BrN4O2. The number of carbonyl (C=O) groups is 1. The molecule has 0 unspecified atom stereocenters. The first-order chi connectivity index (χ1) is 8.11. The third kappa shape index (κ3) is 2.38. The Labute approximate surface area is 106 Å². The molecule has 0 aliphatic heterocycles. The summed E-state index contributed by atoms with van der Waals surface area (Å²) in [6, 6.07) is 3.64. The number of aryl methyl sites for hydroxylation is 1. The van der Waals surface area contributed by atoms with Gasteiger partial charge in [-0.15, -0.1) is 5.10 Å². The predicted octanol–water partition coefficient (Wildman–Crippen LogP) is 1.55. The molecule has 2 aromatic rings. The Bertz CT molecular complexity index is 567. The Kier molecular flexibility index (Phi) is 3.28. The van der Waals surface area contributed by atoms with Gasteiger partial charge in [0.05, 0.1) is 12.1 Å². The van der Waals surface area contributed by atoms with Crippen LogP contribution in [0.2, 0.25) is 0 Å². The van der Waals surface area contributed by atoms with Gasteiger partial charge in [-0.2, -0.15) is 0 Å². The fourth-order valence-corrected chi connectivity index (χ4v) is 2.02. The summed E-state index contributed by atoms with van der Waals surface area (Å²) >= 11 is 3.38. The number of aliphatic carboxylic acids is 1. The van der Waals surface area contributed by atoms with Crippen molar-refractivity contribution in [2.45, 2.75) is 12.8 Å². The molecule has 0 aliphatic rings. The maximum atomic E-state index is 10.5. The maximum Gasteiger partial charge on any atom is 0.303 e. The zero-order valence-corrected chi connectivity index (χ0v) is 10.7. The number of rotatable bonds is 4. The molecule has 2 N–H and O–H groups in total. The summed E-state index contributed by atoms with van der Waals surface area (Å²) in [7, 11) is 1.78. The molecule has 0 aromatic carbocycles. The molecular weight excluding hydrogens is 288 g/mol. The van der Waals surface area contributed by atoms with Gasteiger partial charge in [-0.05, 0) is 28.1 Å². The zero-order chi connectivity index (χ0) is 12.4. The van der Waals surface area contributed by atoms with E-state index in [-0.39, 0.29) is 6.42 Å². The van der Waals surface area contributed by atoms with Crippen molar-refractivity contribution >= 4 is 33.4 Å². The standard InChI is InChI=1S/C10H11BrN4O2/c1-12-7-3-4-8-13-6(2-5-9(16)17)10(11)15(8)14-7/h3-4H,2,5H2,1H3,(H,12,14)(H,16,17). The second-order valence-electron chi connectivity index (χ2n) is 3.48. The molecule has 0 saturated carbocycles. The summed E-state index contributed by atoms with van der Waals surface area (Å²) < 4.78 is 2.34. The van der Waals surface area contributed by atoms with Crippen LogP contribution in [0.25, 0.3) is 5.65 Å². The van der Waals surface area contributed by atoms with Gasteiger partial charge in [0.2, 0.25) is 0 Å². The van der Waals surface area contributed by atoms with Gasteiger partial charge in [0, 0.05) is 13.5 Å². The molecule has 2 aromatic heterocycles. The van der Waals surface area contributed by atoms with Crippen molar-refractivity contribution in [3.8, 4) is 0 Å². The van der Waals surface area contributed by atoms with Crippen molar-refractivity contribution < 1.29 is 9.90 Å². The highest BCUT2D eigenvalue weighted by atomic mass is 79.9. The first-order valence-electron chi connectivity index (χ1n) is 5.05. The molecule has 0 amide bonds. The molecule has 0 spiro atoms. The highest BCUT2D eigenvalue weighted by molar-refractivity contribution is 9.10. The number of carboxylic acid groups (broad SMARTS) is 1. The van der Waals surface area contributed by atoms with Crippen LogP contribution in [-0.4, -0.2) is 32.7 Å². The molecule has 0 saturated heterocycles. The number of imidazole rings is 1. The van der Waals surface area contributed by atoms with Crippen molar-refractivity contribution in [1.29, 1.82) is 0 Å². The zero-order valence-electron chi connectivity index (χ0n) is 9.14. The lowest BCUT2D eigenvalue weighted by molar-refractivity contribution is -0.136. The summed E-state index contributed by atoms with van der Waals surface area (Å²) in [5.41, 5.74) is 1.39. The van der Waals surface area contributed by atoms with Crippen molar-refractivity contribution in [2.75, 3.05) is 12.4 Å². The summed E-state index contributed by atoms with van der Waals surface area (Å²) in [6.45, 7) is 0. The number of aromatic nitrogens is 3. The van der Waals surface area contributed by atoms with E-state index in [0.717, 1.165) is 5.82 Å². The Morgan fingerprint density at radius 3 is 3.00 bits per heavy atom. The van der Waals surface area contributed by atoms with E-state index in [9.17, 15) is 4.79 Å². The van der Waals surface area contributed by atoms with Crippen LogP contribution in [0.15, 0.2) is 16.7 Å². The molecule has 2 heterocycles. The Morgan fingerprint density at radius 1 is 1.59 bits per heavy atom. The van der Waals surface area contributed by atoms with E-state index >= 15 is 0 Å². The van der Waals surface area contributed by atoms with Crippen molar-refractivity contribution in [3.63, 3.8) is 0 Å². The molecule has 7 heteroatoms. The molecule has 0 radical (unpaired) electrons. The number of carboxylic acids is 1. The fourth-order valence-electron chi connectivity index (χ4n) is 1.47. The molecule has 6 nitrogen and oxygen atoms in total. The number of anilines is 1. The Morgan fingerprint density at radius 2 is 2.35 bits per heavy atom. The number of nitrogens with zero attached hydrogens (tertiary/aromatic N) is 3. The molecule has 0 fully saturated rings. The third-order valence-electron chi connectivity index (χ3n) is 2.32. The van der Waals surface area contributed by atoms with Crippen LogP contribution in [0.1, 0.15) is 12.1 Å². The van der Waals surface area contributed by atoms with Gasteiger partial charge in [-0.25, -0.2) is 9.50 Å². The van der Waals surface area contributed by atoms with Crippen LogP contribution >= 0.6 is 15.9 Å². The quantitative estimate of drug-likeness (QED) is 0.895. The average Bonchev–Trinajstić information content (AvgIpc) is 2.63. The Balaban J connectivity index is 2.38. The minimum Gasteiger partial charge on any atom is -0.481 e. The molecule has 0 atom stereocenters. The fraction of sp³-hybridized carbons (Fsp3) is 0.300.